The maximum atomic E-state index is 13.1. The summed E-state index contributed by atoms with van der Waals surface area (Å²) in [6.45, 7) is 3.20. The number of pyridine rings is 1. The number of amides is 1. The first-order chi connectivity index (χ1) is 11.3. The van der Waals surface area contributed by atoms with Crippen molar-refractivity contribution in [2.45, 2.75) is 25.5 Å². The van der Waals surface area contributed by atoms with Crippen LogP contribution in [0.3, 0.4) is 0 Å². The van der Waals surface area contributed by atoms with Crippen molar-refractivity contribution in [3.05, 3.63) is 64.9 Å². The van der Waals surface area contributed by atoms with Crippen LogP contribution in [-0.2, 0) is 0 Å². The van der Waals surface area contributed by atoms with E-state index in [9.17, 15) is 14.3 Å². The summed E-state index contributed by atoms with van der Waals surface area (Å²) in [7, 11) is 0. The zero-order valence-electron chi connectivity index (χ0n) is 13.3. The molecule has 0 saturated carbocycles. The number of hydrogen-bond acceptors (Lipinski definition) is 4. The molecule has 1 amide bonds. The Kier molecular flexibility index (Phi) is 4.34. The highest BCUT2D eigenvalue weighted by atomic mass is 32.1. The Hall–Kier alpha value is -2.31. The molecule has 124 valence electrons. The number of hydrogen-bond donors (Lipinski definition) is 2. The molecule has 0 bridgehead atoms. The quantitative estimate of drug-likeness (QED) is 0.759. The molecule has 2 N–H and O–H groups in total. The molecule has 6 heteroatoms. The van der Waals surface area contributed by atoms with Gasteiger partial charge in [-0.05, 0) is 49.1 Å². The van der Waals surface area contributed by atoms with Gasteiger partial charge in [0.25, 0.3) is 5.91 Å². The van der Waals surface area contributed by atoms with Crippen LogP contribution < -0.4 is 5.32 Å². The third-order valence-electron chi connectivity index (χ3n) is 3.75. The number of fused-ring (bicyclic) bond motifs is 1. The van der Waals surface area contributed by atoms with Gasteiger partial charge >= 0.3 is 0 Å². The van der Waals surface area contributed by atoms with Crippen LogP contribution in [0, 0.1) is 5.82 Å². The smallest absolute Gasteiger partial charge is 0.253 e. The van der Waals surface area contributed by atoms with Gasteiger partial charge in [-0.1, -0.05) is 12.1 Å². The van der Waals surface area contributed by atoms with Crippen molar-refractivity contribution in [2.75, 3.05) is 0 Å². The molecule has 0 fully saturated rings. The molecule has 0 aliphatic rings. The average Bonchev–Trinajstić information content (AvgIpc) is 3.00. The van der Waals surface area contributed by atoms with E-state index in [-0.39, 0.29) is 11.7 Å². The Morgan fingerprint density at radius 2 is 2.00 bits per heavy atom. The van der Waals surface area contributed by atoms with Crippen molar-refractivity contribution < 1.29 is 14.3 Å². The summed E-state index contributed by atoms with van der Waals surface area (Å²) < 4.78 is 14.1. The maximum Gasteiger partial charge on any atom is 0.253 e. The first-order valence-corrected chi connectivity index (χ1v) is 8.34. The molecule has 24 heavy (non-hydrogen) atoms. The highest BCUT2D eigenvalue weighted by Gasteiger charge is 2.30. The Labute approximate surface area is 143 Å². The molecular formula is C18H17FN2O2S. The topological polar surface area (TPSA) is 62.2 Å². The number of aliphatic hydroxyl groups is 1. The van der Waals surface area contributed by atoms with Crippen LogP contribution in [0.1, 0.15) is 35.8 Å². The molecule has 1 unspecified atom stereocenters. The Morgan fingerprint density at radius 1 is 1.29 bits per heavy atom. The first-order valence-electron chi connectivity index (χ1n) is 7.46. The molecule has 1 atom stereocenters. The van der Waals surface area contributed by atoms with E-state index in [1.807, 2.05) is 11.4 Å². The largest absolute Gasteiger partial charge is 0.388 e. The van der Waals surface area contributed by atoms with Crippen molar-refractivity contribution in [1.82, 2.24) is 10.3 Å². The fraction of sp³-hybridized carbons (Fsp3) is 0.222. The van der Waals surface area contributed by atoms with Crippen LogP contribution in [-0.4, -0.2) is 21.6 Å². The molecule has 0 aliphatic heterocycles. The van der Waals surface area contributed by atoms with Gasteiger partial charge in [-0.3, -0.25) is 9.78 Å². The van der Waals surface area contributed by atoms with Crippen molar-refractivity contribution in [3.63, 3.8) is 0 Å². The van der Waals surface area contributed by atoms with Crippen LogP contribution in [0.25, 0.3) is 10.2 Å². The van der Waals surface area contributed by atoms with Crippen molar-refractivity contribution in [3.8, 4) is 0 Å². The number of nitrogens with zero attached hydrogens (tertiary/aromatic N) is 1. The van der Waals surface area contributed by atoms with E-state index in [2.05, 4.69) is 10.3 Å². The number of carbonyl (C=O) groups is 1. The zero-order valence-corrected chi connectivity index (χ0v) is 14.1. The van der Waals surface area contributed by atoms with E-state index in [1.165, 1.54) is 29.7 Å². The molecule has 0 saturated heterocycles. The first kappa shape index (κ1) is 16.5. The van der Waals surface area contributed by atoms with Gasteiger partial charge in [0.2, 0.25) is 0 Å². The van der Waals surface area contributed by atoms with Crippen molar-refractivity contribution in [1.29, 1.82) is 0 Å². The van der Waals surface area contributed by atoms with Gasteiger partial charge in [0.15, 0.2) is 0 Å². The highest BCUT2D eigenvalue weighted by Crippen LogP contribution is 2.27. The second-order valence-electron chi connectivity index (χ2n) is 6.14. The number of benzene rings is 1. The molecule has 0 aliphatic carbocycles. The van der Waals surface area contributed by atoms with Crippen LogP contribution in [0.15, 0.2) is 48.0 Å². The van der Waals surface area contributed by atoms with E-state index in [0.29, 0.717) is 11.1 Å². The van der Waals surface area contributed by atoms with Crippen LogP contribution >= 0.6 is 11.3 Å². The monoisotopic (exact) mass is 344 g/mol. The predicted molar refractivity (Wildman–Crippen MR) is 92.5 cm³/mol. The standard InChI is InChI=1S/C18H17FN2O2S/c1-18(2,23)16(11-3-5-13(19)6-4-11)21-17(22)12-9-15-14(20-10-12)7-8-24-15/h3-10,16,23H,1-2H3,(H,21,22). The highest BCUT2D eigenvalue weighted by molar-refractivity contribution is 7.17. The fourth-order valence-corrected chi connectivity index (χ4v) is 3.29. The van der Waals surface area contributed by atoms with Gasteiger partial charge in [-0.15, -0.1) is 11.3 Å². The number of nitrogens with one attached hydrogen (secondary N) is 1. The number of halogens is 1. The molecule has 4 nitrogen and oxygen atoms in total. The van der Waals surface area contributed by atoms with E-state index in [4.69, 9.17) is 0 Å². The van der Waals surface area contributed by atoms with Gasteiger partial charge in [-0.2, -0.15) is 0 Å². The Morgan fingerprint density at radius 3 is 2.67 bits per heavy atom. The lowest BCUT2D eigenvalue weighted by Gasteiger charge is -2.30. The summed E-state index contributed by atoms with van der Waals surface area (Å²) in [5.41, 5.74) is 0.673. The Bertz CT molecular complexity index is 869. The molecule has 1 aromatic carbocycles. The molecule has 2 heterocycles. The number of aromatic nitrogens is 1. The van der Waals surface area contributed by atoms with E-state index in [1.54, 1.807) is 32.0 Å². The molecule has 3 aromatic rings. The van der Waals surface area contributed by atoms with Gasteiger partial charge < -0.3 is 10.4 Å². The summed E-state index contributed by atoms with van der Waals surface area (Å²) >= 11 is 1.51. The number of rotatable bonds is 4. The van der Waals surface area contributed by atoms with E-state index in [0.717, 1.165) is 10.2 Å². The van der Waals surface area contributed by atoms with Crippen LogP contribution in [0.4, 0.5) is 4.39 Å². The normalized spacial score (nSPS) is 13.0. The summed E-state index contributed by atoms with van der Waals surface area (Å²) in [5, 5.41) is 15.1. The third-order valence-corrected chi connectivity index (χ3v) is 4.60. The summed E-state index contributed by atoms with van der Waals surface area (Å²) in [4.78, 5) is 16.8. The number of thiophene rings is 1. The molecule has 2 aromatic heterocycles. The maximum absolute atomic E-state index is 13.1. The van der Waals surface area contributed by atoms with Crippen molar-refractivity contribution >= 4 is 27.5 Å². The summed E-state index contributed by atoms with van der Waals surface area (Å²) in [6.07, 6.45) is 1.51. The zero-order chi connectivity index (χ0) is 17.3. The van der Waals surface area contributed by atoms with Crippen LogP contribution in [0.2, 0.25) is 0 Å². The van der Waals surface area contributed by atoms with Gasteiger partial charge in [0, 0.05) is 6.20 Å². The molecule has 3 rings (SSSR count). The second kappa shape index (κ2) is 6.30. The fourth-order valence-electron chi connectivity index (χ4n) is 2.51. The van der Waals surface area contributed by atoms with E-state index < -0.39 is 11.6 Å². The minimum Gasteiger partial charge on any atom is -0.388 e. The molecular weight excluding hydrogens is 327 g/mol. The lowest BCUT2D eigenvalue weighted by Crippen LogP contribution is -2.42. The lowest BCUT2D eigenvalue weighted by atomic mass is 9.91. The third kappa shape index (κ3) is 3.44. The summed E-state index contributed by atoms with van der Waals surface area (Å²) in [5.74, 6) is -0.707. The predicted octanol–water partition coefficient (Wildman–Crippen LogP) is 3.68. The molecule has 0 spiro atoms. The molecule has 0 radical (unpaired) electrons. The van der Waals surface area contributed by atoms with Gasteiger partial charge in [0.1, 0.15) is 5.82 Å². The SMILES string of the molecule is CC(C)(O)C(NC(=O)c1cnc2ccsc2c1)c1ccc(F)cc1. The lowest BCUT2D eigenvalue weighted by molar-refractivity contribution is 0.0343. The number of carbonyl (C=O) groups excluding carboxylic acids is 1. The van der Waals surface area contributed by atoms with Gasteiger partial charge in [0.05, 0.1) is 27.4 Å². The average molecular weight is 344 g/mol. The minimum absolute atomic E-state index is 0.339. The van der Waals surface area contributed by atoms with Crippen molar-refractivity contribution in [2.24, 2.45) is 0 Å². The summed E-state index contributed by atoms with van der Waals surface area (Å²) in [6, 6.07) is 8.70. The second-order valence-corrected chi connectivity index (χ2v) is 7.09. The minimum atomic E-state index is -1.21. The van der Waals surface area contributed by atoms with Crippen LogP contribution in [0.5, 0.6) is 0 Å². The van der Waals surface area contributed by atoms with E-state index >= 15 is 0 Å². The van der Waals surface area contributed by atoms with Gasteiger partial charge in [-0.25, -0.2) is 4.39 Å². The Balaban J connectivity index is 1.89.